The maximum atomic E-state index is 12.0. The molecule has 0 saturated heterocycles. The quantitative estimate of drug-likeness (QED) is 0.631. The number of benzene rings is 1. The minimum atomic E-state index is -0.400. The van der Waals surface area contributed by atoms with E-state index in [0.29, 0.717) is 22.1 Å². The molecular formula is C13H13NO3S. The monoisotopic (exact) mass is 263 g/mol. The third-order valence-electron chi connectivity index (χ3n) is 2.36. The van der Waals surface area contributed by atoms with Crippen molar-refractivity contribution in [3.63, 3.8) is 0 Å². The highest BCUT2D eigenvalue weighted by atomic mass is 32.1. The van der Waals surface area contributed by atoms with Crippen molar-refractivity contribution < 1.29 is 14.3 Å². The highest BCUT2D eigenvalue weighted by Gasteiger charge is 2.17. The van der Waals surface area contributed by atoms with Crippen LogP contribution < -0.4 is 9.47 Å². The second-order valence-electron chi connectivity index (χ2n) is 3.69. The van der Waals surface area contributed by atoms with Gasteiger partial charge in [-0.2, -0.15) is 0 Å². The van der Waals surface area contributed by atoms with Gasteiger partial charge in [0.2, 0.25) is 0 Å². The summed E-state index contributed by atoms with van der Waals surface area (Å²) >= 11 is 1.33. The van der Waals surface area contributed by atoms with Crippen LogP contribution in [0.15, 0.2) is 24.3 Å². The van der Waals surface area contributed by atoms with Crippen molar-refractivity contribution in [2.75, 3.05) is 7.11 Å². The molecule has 4 nitrogen and oxygen atoms in total. The highest BCUT2D eigenvalue weighted by molar-refractivity contribution is 7.13. The molecule has 2 aromatic rings. The highest BCUT2D eigenvalue weighted by Crippen LogP contribution is 2.28. The first-order valence-electron chi connectivity index (χ1n) is 5.41. The van der Waals surface area contributed by atoms with Crippen molar-refractivity contribution in [2.24, 2.45) is 0 Å². The minimum absolute atomic E-state index is 0.400. The number of thiazole rings is 1. The van der Waals surface area contributed by atoms with Gasteiger partial charge in [0.1, 0.15) is 4.88 Å². The molecular weight excluding hydrogens is 250 g/mol. The predicted molar refractivity (Wildman–Crippen MR) is 69.5 cm³/mol. The summed E-state index contributed by atoms with van der Waals surface area (Å²) in [5, 5.41) is 0.847. The topological polar surface area (TPSA) is 48.4 Å². The molecule has 18 heavy (non-hydrogen) atoms. The first-order valence-corrected chi connectivity index (χ1v) is 6.22. The average Bonchev–Trinajstić information content (AvgIpc) is 2.69. The normalized spacial score (nSPS) is 10.2. The number of esters is 1. The number of para-hydroxylation sites is 2. The van der Waals surface area contributed by atoms with Gasteiger partial charge in [-0.15, -0.1) is 11.3 Å². The number of ether oxygens (including phenoxy) is 2. The van der Waals surface area contributed by atoms with Crippen molar-refractivity contribution in [3.8, 4) is 11.5 Å². The van der Waals surface area contributed by atoms with Crippen molar-refractivity contribution in [1.29, 1.82) is 0 Å². The van der Waals surface area contributed by atoms with Crippen LogP contribution in [0, 0.1) is 13.8 Å². The Morgan fingerprint density at radius 2 is 1.89 bits per heavy atom. The molecule has 0 saturated carbocycles. The summed E-state index contributed by atoms with van der Waals surface area (Å²) in [6.07, 6.45) is 0. The fourth-order valence-electron chi connectivity index (χ4n) is 1.57. The number of nitrogens with zero attached hydrogens (tertiary/aromatic N) is 1. The molecule has 0 radical (unpaired) electrons. The second-order valence-corrected chi connectivity index (χ2v) is 4.89. The zero-order chi connectivity index (χ0) is 13.1. The number of aryl methyl sites for hydroxylation is 2. The summed E-state index contributed by atoms with van der Waals surface area (Å²) in [5.41, 5.74) is 0.692. The smallest absolute Gasteiger partial charge is 0.355 e. The molecule has 1 aromatic heterocycles. The van der Waals surface area contributed by atoms with Crippen molar-refractivity contribution in [1.82, 2.24) is 4.98 Å². The van der Waals surface area contributed by atoms with Crippen molar-refractivity contribution >= 4 is 17.3 Å². The molecule has 5 heteroatoms. The summed E-state index contributed by atoms with van der Waals surface area (Å²) in [6.45, 7) is 3.65. The zero-order valence-corrected chi connectivity index (χ0v) is 11.2. The second kappa shape index (κ2) is 5.18. The van der Waals surface area contributed by atoms with E-state index >= 15 is 0 Å². The number of hydrogen-bond donors (Lipinski definition) is 0. The molecule has 0 amide bonds. The Morgan fingerprint density at radius 3 is 2.44 bits per heavy atom. The van der Waals surface area contributed by atoms with E-state index in [1.807, 2.05) is 13.0 Å². The van der Waals surface area contributed by atoms with Crippen LogP contribution in [0.25, 0.3) is 0 Å². The van der Waals surface area contributed by atoms with Crippen LogP contribution in [0.4, 0.5) is 0 Å². The molecule has 1 aromatic carbocycles. The molecule has 0 spiro atoms. The summed E-state index contributed by atoms with van der Waals surface area (Å²) in [5.74, 6) is 0.544. The van der Waals surface area contributed by atoms with Gasteiger partial charge in [-0.3, -0.25) is 0 Å². The number of aromatic nitrogens is 1. The van der Waals surface area contributed by atoms with Gasteiger partial charge < -0.3 is 9.47 Å². The number of hydrogen-bond acceptors (Lipinski definition) is 5. The zero-order valence-electron chi connectivity index (χ0n) is 10.4. The van der Waals surface area contributed by atoms with E-state index in [2.05, 4.69) is 4.98 Å². The van der Waals surface area contributed by atoms with Gasteiger partial charge in [0.15, 0.2) is 11.5 Å². The first kappa shape index (κ1) is 12.6. The maximum Gasteiger partial charge on any atom is 0.355 e. The van der Waals surface area contributed by atoms with Crippen LogP contribution in [0.2, 0.25) is 0 Å². The number of rotatable bonds is 3. The SMILES string of the molecule is COc1ccccc1OC(=O)c1sc(C)nc1C. The van der Waals surface area contributed by atoms with Gasteiger partial charge in [-0.05, 0) is 26.0 Å². The van der Waals surface area contributed by atoms with E-state index < -0.39 is 5.97 Å². The molecule has 0 aliphatic rings. The van der Waals surface area contributed by atoms with Crippen LogP contribution in [-0.4, -0.2) is 18.1 Å². The summed E-state index contributed by atoms with van der Waals surface area (Å²) < 4.78 is 10.5. The lowest BCUT2D eigenvalue weighted by molar-refractivity contribution is 0.0734. The predicted octanol–water partition coefficient (Wildman–Crippen LogP) is 2.99. The fraction of sp³-hybridized carbons (Fsp3) is 0.231. The molecule has 94 valence electrons. The van der Waals surface area contributed by atoms with Gasteiger partial charge in [-0.1, -0.05) is 12.1 Å². The molecule has 1 heterocycles. The lowest BCUT2D eigenvalue weighted by atomic mass is 10.3. The summed E-state index contributed by atoms with van der Waals surface area (Å²) in [7, 11) is 1.54. The number of carbonyl (C=O) groups excluding carboxylic acids is 1. The third-order valence-corrected chi connectivity index (χ3v) is 3.41. The van der Waals surface area contributed by atoms with E-state index in [-0.39, 0.29) is 0 Å². The summed E-state index contributed by atoms with van der Waals surface area (Å²) in [6, 6.07) is 7.04. The Morgan fingerprint density at radius 1 is 1.22 bits per heavy atom. The molecule has 0 bridgehead atoms. The molecule has 0 fully saturated rings. The van der Waals surface area contributed by atoms with Gasteiger partial charge >= 0.3 is 5.97 Å². The van der Waals surface area contributed by atoms with Crippen LogP contribution >= 0.6 is 11.3 Å². The lowest BCUT2D eigenvalue weighted by Gasteiger charge is -2.07. The number of carbonyl (C=O) groups is 1. The Balaban J connectivity index is 2.24. The van der Waals surface area contributed by atoms with E-state index in [0.717, 1.165) is 5.01 Å². The molecule has 0 aliphatic heterocycles. The van der Waals surface area contributed by atoms with Gasteiger partial charge in [0.25, 0.3) is 0 Å². The minimum Gasteiger partial charge on any atom is -0.493 e. The van der Waals surface area contributed by atoms with Gasteiger partial charge in [0.05, 0.1) is 17.8 Å². The maximum absolute atomic E-state index is 12.0. The fourth-order valence-corrected chi connectivity index (χ4v) is 2.37. The number of methoxy groups -OCH3 is 1. The van der Waals surface area contributed by atoms with Crippen LogP contribution in [0.1, 0.15) is 20.4 Å². The first-order chi connectivity index (χ1) is 8.61. The van der Waals surface area contributed by atoms with E-state index in [1.165, 1.54) is 18.4 Å². The summed E-state index contributed by atoms with van der Waals surface area (Å²) in [4.78, 5) is 16.7. The standard InChI is InChI=1S/C13H13NO3S/c1-8-12(18-9(2)14-8)13(15)17-11-7-5-4-6-10(11)16-3/h4-7H,1-3H3. The molecule has 0 N–H and O–H groups in total. The molecule has 2 rings (SSSR count). The Labute approximate surface area is 109 Å². The van der Waals surface area contributed by atoms with Crippen LogP contribution in [-0.2, 0) is 0 Å². The lowest BCUT2D eigenvalue weighted by Crippen LogP contribution is -2.08. The van der Waals surface area contributed by atoms with Gasteiger partial charge in [0, 0.05) is 0 Å². The molecule has 0 aliphatic carbocycles. The Kier molecular flexibility index (Phi) is 3.62. The van der Waals surface area contributed by atoms with E-state index in [4.69, 9.17) is 9.47 Å². The van der Waals surface area contributed by atoms with Crippen molar-refractivity contribution in [2.45, 2.75) is 13.8 Å². The Hall–Kier alpha value is -1.88. The van der Waals surface area contributed by atoms with Crippen LogP contribution in [0.5, 0.6) is 11.5 Å². The molecule has 0 atom stereocenters. The van der Waals surface area contributed by atoms with E-state index in [1.54, 1.807) is 25.1 Å². The van der Waals surface area contributed by atoms with Gasteiger partial charge in [-0.25, -0.2) is 9.78 Å². The van der Waals surface area contributed by atoms with E-state index in [9.17, 15) is 4.79 Å². The third kappa shape index (κ3) is 2.51. The van der Waals surface area contributed by atoms with Crippen molar-refractivity contribution in [3.05, 3.63) is 39.8 Å². The average molecular weight is 263 g/mol. The Bertz CT molecular complexity index is 577. The van der Waals surface area contributed by atoms with Crippen LogP contribution in [0.3, 0.4) is 0 Å². The molecule has 0 unspecified atom stereocenters. The largest absolute Gasteiger partial charge is 0.493 e.